The first-order valence-electron chi connectivity index (χ1n) is 13.2. The standard InChI is InChI=1S/C28H27Cl2N9O/c1-16(26-20(29)12-32-13-21(26)30)40-18-4-5-22-19(9-18)27(37-34-22)23-6-7-25(36-35-23)38-14-28(31,15-38)10-17-11-33-39-8-2-3-24(17)39/h4-7,9,11-13,16H,2-3,8,10,14-15,31H2,1H3,(H,34,37)/t16-/m1/s1. The zero-order valence-corrected chi connectivity index (χ0v) is 23.3. The van der Waals surface area contributed by atoms with Gasteiger partial charge in [-0.1, -0.05) is 23.2 Å². The van der Waals surface area contributed by atoms with Crippen LogP contribution in [0.1, 0.15) is 36.3 Å². The van der Waals surface area contributed by atoms with Gasteiger partial charge in [0.25, 0.3) is 0 Å². The highest BCUT2D eigenvalue weighted by Crippen LogP contribution is 2.35. The van der Waals surface area contributed by atoms with Crippen molar-refractivity contribution in [2.45, 2.75) is 44.4 Å². The van der Waals surface area contributed by atoms with Gasteiger partial charge in [0.2, 0.25) is 0 Å². The maximum absolute atomic E-state index is 6.72. The molecule has 0 bridgehead atoms. The van der Waals surface area contributed by atoms with Gasteiger partial charge in [0, 0.05) is 48.7 Å². The van der Waals surface area contributed by atoms with Crippen molar-refractivity contribution < 1.29 is 4.74 Å². The molecule has 7 rings (SSSR count). The number of aromatic amines is 1. The third kappa shape index (κ3) is 4.46. The Balaban J connectivity index is 1.06. The van der Waals surface area contributed by atoms with E-state index in [4.69, 9.17) is 33.7 Å². The van der Waals surface area contributed by atoms with Crippen molar-refractivity contribution in [2.24, 2.45) is 5.73 Å². The lowest BCUT2D eigenvalue weighted by Crippen LogP contribution is -2.69. The van der Waals surface area contributed by atoms with Crippen LogP contribution in [-0.4, -0.2) is 53.8 Å². The van der Waals surface area contributed by atoms with Gasteiger partial charge in [0.05, 0.1) is 27.3 Å². The van der Waals surface area contributed by atoms with Crippen molar-refractivity contribution in [3.05, 3.63) is 75.8 Å². The van der Waals surface area contributed by atoms with Crippen molar-refractivity contribution >= 4 is 39.9 Å². The summed E-state index contributed by atoms with van der Waals surface area (Å²) < 4.78 is 8.30. The van der Waals surface area contributed by atoms with Crippen LogP contribution in [0.2, 0.25) is 10.0 Å². The molecule has 0 aliphatic carbocycles. The van der Waals surface area contributed by atoms with Crippen molar-refractivity contribution in [2.75, 3.05) is 18.0 Å². The number of anilines is 1. The molecular weight excluding hydrogens is 549 g/mol. The Morgan fingerprint density at radius 1 is 1.10 bits per heavy atom. The number of fused-ring (bicyclic) bond motifs is 2. The summed E-state index contributed by atoms with van der Waals surface area (Å²) in [4.78, 5) is 6.17. The second kappa shape index (κ2) is 9.72. The molecule has 1 aromatic carbocycles. The number of hydrogen-bond donors (Lipinski definition) is 2. The summed E-state index contributed by atoms with van der Waals surface area (Å²) in [7, 11) is 0. The molecule has 40 heavy (non-hydrogen) atoms. The smallest absolute Gasteiger partial charge is 0.151 e. The van der Waals surface area contributed by atoms with Crippen molar-refractivity contribution in [3.63, 3.8) is 0 Å². The lowest BCUT2D eigenvalue weighted by atomic mass is 9.84. The van der Waals surface area contributed by atoms with E-state index in [0.717, 1.165) is 55.6 Å². The minimum absolute atomic E-state index is 0.288. The normalized spacial score (nSPS) is 16.6. The van der Waals surface area contributed by atoms with Crippen LogP contribution < -0.4 is 15.4 Å². The predicted molar refractivity (Wildman–Crippen MR) is 154 cm³/mol. The molecule has 0 spiro atoms. The number of aryl methyl sites for hydroxylation is 1. The van der Waals surface area contributed by atoms with Gasteiger partial charge in [0.15, 0.2) is 5.82 Å². The number of nitrogens with one attached hydrogen (secondary N) is 1. The first-order valence-corrected chi connectivity index (χ1v) is 14.0. The van der Waals surface area contributed by atoms with Crippen molar-refractivity contribution in [1.29, 1.82) is 0 Å². The molecule has 2 aliphatic rings. The minimum atomic E-state index is -0.379. The van der Waals surface area contributed by atoms with Crippen LogP contribution in [0.3, 0.4) is 0 Å². The van der Waals surface area contributed by atoms with Gasteiger partial charge >= 0.3 is 0 Å². The van der Waals surface area contributed by atoms with E-state index in [9.17, 15) is 0 Å². The first kappa shape index (κ1) is 25.3. The molecule has 0 saturated carbocycles. The number of benzene rings is 1. The topological polar surface area (TPSA) is 124 Å². The molecule has 0 amide bonds. The van der Waals surface area contributed by atoms with Gasteiger partial charge in [-0.2, -0.15) is 10.2 Å². The molecule has 4 aromatic heterocycles. The lowest BCUT2D eigenvalue weighted by Gasteiger charge is -2.48. The Morgan fingerprint density at radius 3 is 2.70 bits per heavy atom. The number of hydrogen-bond acceptors (Lipinski definition) is 8. The molecule has 10 nitrogen and oxygen atoms in total. The molecule has 6 heterocycles. The fourth-order valence-electron chi connectivity index (χ4n) is 5.80. The second-order valence-electron chi connectivity index (χ2n) is 10.7. The number of ether oxygens (including phenoxy) is 1. The SMILES string of the molecule is C[C@@H](Oc1ccc2[nH]nc(-c3ccc(N4CC(N)(Cc5cnn6c5CCC6)C4)nn3)c2c1)c1c(Cl)cncc1Cl. The Morgan fingerprint density at radius 2 is 1.93 bits per heavy atom. The molecule has 0 unspecified atom stereocenters. The number of nitrogens with two attached hydrogens (primary N) is 1. The molecule has 1 atom stereocenters. The molecule has 3 N–H and O–H groups in total. The number of rotatable bonds is 7. The Hall–Kier alpha value is -3.73. The average molecular weight is 576 g/mol. The van der Waals surface area contributed by atoms with E-state index in [1.54, 1.807) is 12.4 Å². The van der Waals surface area contributed by atoms with Crippen molar-refractivity contribution in [3.8, 4) is 17.1 Å². The third-order valence-electron chi connectivity index (χ3n) is 7.73. The van der Waals surface area contributed by atoms with Gasteiger partial charge in [-0.05, 0) is 62.1 Å². The zero-order valence-electron chi connectivity index (χ0n) is 21.8. The molecule has 2 aliphatic heterocycles. The molecule has 1 saturated heterocycles. The maximum Gasteiger partial charge on any atom is 0.151 e. The van der Waals surface area contributed by atoms with Gasteiger partial charge in [-0.3, -0.25) is 14.8 Å². The van der Waals surface area contributed by atoms with Crippen molar-refractivity contribution in [1.82, 2.24) is 35.2 Å². The van der Waals surface area contributed by atoms with Gasteiger partial charge < -0.3 is 15.4 Å². The second-order valence-corrected chi connectivity index (χ2v) is 11.5. The van der Waals surface area contributed by atoms with E-state index in [1.165, 1.54) is 11.3 Å². The fourth-order valence-corrected chi connectivity index (χ4v) is 6.47. The molecule has 0 radical (unpaired) electrons. The minimum Gasteiger partial charge on any atom is -0.486 e. The number of halogens is 2. The van der Waals surface area contributed by atoms with E-state index in [1.807, 2.05) is 43.5 Å². The highest BCUT2D eigenvalue weighted by atomic mass is 35.5. The highest BCUT2D eigenvalue weighted by Gasteiger charge is 2.41. The largest absolute Gasteiger partial charge is 0.486 e. The number of aromatic nitrogens is 7. The third-order valence-corrected chi connectivity index (χ3v) is 8.34. The van der Waals surface area contributed by atoms with Crippen LogP contribution in [-0.2, 0) is 19.4 Å². The molecule has 12 heteroatoms. The van der Waals surface area contributed by atoms with E-state index in [2.05, 4.69) is 40.1 Å². The summed E-state index contributed by atoms with van der Waals surface area (Å²) in [5.41, 5.74) is 12.0. The summed E-state index contributed by atoms with van der Waals surface area (Å²) in [5.74, 6) is 1.45. The van der Waals surface area contributed by atoms with Gasteiger partial charge in [-0.15, -0.1) is 10.2 Å². The molecule has 5 aromatic rings. The summed E-state index contributed by atoms with van der Waals surface area (Å²) in [6.45, 7) is 4.35. The Labute approximate surface area is 240 Å². The molecule has 1 fully saturated rings. The predicted octanol–water partition coefficient (Wildman–Crippen LogP) is 4.76. The average Bonchev–Trinajstić information content (AvgIpc) is 3.64. The summed E-state index contributed by atoms with van der Waals surface area (Å²) >= 11 is 12.6. The lowest BCUT2D eigenvalue weighted by molar-refractivity contribution is 0.227. The monoisotopic (exact) mass is 575 g/mol. The van der Waals surface area contributed by atoms with E-state index >= 15 is 0 Å². The van der Waals surface area contributed by atoms with Crippen LogP contribution in [0.4, 0.5) is 5.82 Å². The first-order chi connectivity index (χ1) is 19.4. The van der Waals surface area contributed by atoms with Crippen LogP contribution >= 0.6 is 23.2 Å². The van der Waals surface area contributed by atoms with E-state index in [0.29, 0.717) is 32.7 Å². The highest BCUT2D eigenvalue weighted by molar-refractivity contribution is 6.35. The van der Waals surface area contributed by atoms with Crippen LogP contribution in [0.15, 0.2) is 48.9 Å². The van der Waals surface area contributed by atoms with Gasteiger partial charge in [0.1, 0.15) is 23.2 Å². The zero-order chi connectivity index (χ0) is 27.4. The van der Waals surface area contributed by atoms with E-state index < -0.39 is 0 Å². The van der Waals surface area contributed by atoms with Crippen LogP contribution in [0.25, 0.3) is 22.3 Å². The summed E-state index contributed by atoms with van der Waals surface area (Å²) in [5, 5.41) is 22.9. The number of nitrogens with zero attached hydrogens (tertiary/aromatic N) is 7. The number of pyridine rings is 1. The molecular formula is C28H27Cl2N9O. The number of H-pyrrole nitrogens is 1. The van der Waals surface area contributed by atoms with E-state index in [-0.39, 0.29) is 11.6 Å². The quantitative estimate of drug-likeness (QED) is 0.284. The Bertz CT molecular complexity index is 1690. The summed E-state index contributed by atoms with van der Waals surface area (Å²) in [6.07, 6.45) is 7.79. The Kier molecular flexibility index (Phi) is 6.14. The summed E-state index contributed by atoms with van der Waals surface area (Å²) in [6, 6.07) is 9.62. The van der Waals surface area contributed by atoms with Crippen LogP contribution in [0.5, 0.6) is 5.75 Å². The maximum atomic E-state index is 6.72. The van der Waals surface area contributed by atoms with Gasteiger partial charge in [-0.25, -0.2) is 0 Å². The fraction of sp³-hybridized carbons (Fsp3) is 0.321. The molecule has 204 valence electrons. The van der Waals surface area contributed by atoms with Crippen LogP contribution in [0, 0.1) is 0 Å².